The number of nitrogens with zero attached hydrogens (tertiary/aromatic N) is 3. The van der Waals surface area contributed by atoms with E-state index in [9.17, 15) is 4.79 Å². The zero-order valence-electron chi connectivity index (χ0n) is 17.1. The van der Waals surface area contributed by atoms with Gasteiger partial charge in [-0.1, -0.05) is 12.1 Å². The van der Waals surface area contributed by atoms with Crippen molar-refractivity contribution in [3.63, 3.8) is 0 Å². The third kappa shape index (κ3) is 5.08. The number of hydrogen-bond donors (Lipinski definition) is 2. The number of amides is 2. The second-order valence-corrected chi connectivity index (χ2v) is 7.30. The Morgan fingerprint density at radius 3 is 2.77 bits per heavy atom. The zero-order chi connectivity index (χ0) is 20.8. The number of furan rings is 1. The molecule has 2 N–H and O–H groups in total. The fourth-order valence-corrected chi connectivity index (χ4v) is 3.60. The molecule has 0 aliphatic carbocycles. The van der Waals surface area contributed by atoms with E-state index < -0.39 is 0 Å². The summed E-state index contributed by atoms with van der Waals surface area (Å²) in [6.07, 6.45) is 3.63. The topological polar surface area (TPSA) is 84.6 Å². The lowest BCUT2D eigenvalue weighted by molar-refractivity contribution is 0.0121. The lowest BCUT2D eigenvalue weighted by Crippen LogP contribution is -2.45. The van der Waals surface area contributed by atoms with Gasteiger partial charge in [-0.25, -0.2) is 9.48 Å². The molecule has 4 rings (SSSR count). The number of ether oxygens (including phenoxy) is 1. The Labute approximate surface area is 175 Å². The average molecular weight is 409 g/mol. The van der Waals surface area contributed by atoms with Crippen molar-refractivity contribution in [2.75, 3.05) is 32.8 Å². The molecular weight excluding hydrogens is 382 g/mol. The summed E-state index contributed by atoms with van der Waals surface area (Å²) < 4.78 is 13.1. The number of carbonyl (C=O) groups excluding carboxylic acids is 1. The van der Waals surface area contributed by atoms with Gasteiger partial charge < -0.3 is 19.8 Å². The molecule has 1 saturated heterocycles. The van der Waals surface area contributed by atoms with Gasteiger partial charge in [0.15, 0.2) is 0 Å². The lowest BCUT2D eigenvalue weighted by Gasteiger charge is -2.33. The van der Waals surface area contributed by atoms with Crippen LogP contribution in [0.2, 0.25) is 0 Å². The van der Waals surface area contributed by atoms with Gasteiger partial charge in [0, 0.05) is 38.6 Å². The highest BCUT2D eigenvalue weighted by molar-refractivity contribution is 5.73. The predicted octanol–water partition coefficient (Wildman–Crippen LogP) is 2.65. The minimum Gasteiger partial charge on any atom is -0.465 e. The number of hydrogen-bond acceptors (Lipinski definition) is 5. The Bertz CT molecular complexity index is 947. The lowest BCUT2D eigenvalue weighted by atomic mass is 10.1. The Morgan fingerprint density at radius 1 is 1.17 bits per heavy atom. The van der Waals surface area contributed by atoms with E-state index in [1.807, 2.05) is 55.6 Å². The van der Waals surface area contributed by atoms with Gasteiger partial charge in [-0.3, -0.25) is 4.90 Å². The number of aromatic nitrogens is 2. The van der Waals surface area contributed by atoms with Gasteiger partial charge in [-0.15, -0.1) is 0 Å². The molecule has 1 atom stereocenters. The van der Waals surface area contributed by atoms with E-state index in [-0.39, 0.29) is 12.1 Å². The average Bonchev–Trinajstić information content (AvgIpc) is 3.46. The van der Waals surface area contributed by atoms with Crippen LogP contribution in [0, 0.1) is 6.92 Å². The first-order chi connectivity index (χ1) is 14.7. The van der Waals surface area contributed by atoms with Crippen molar-refractivity contribution in [3.05, 3.63) is 71.9 Å². The summed E-state index contributed by atoms with van der Waals surface area (Å²) in [5.41, 5.74) is 1.96. The van der Waals surface area contributed by atoms with E-state index in [1.165, 1.54) is 0 Å². The van der Waals surface area contributed by atoms with Crippen LogP contribution in [0.1, 0.15) is 23.1 Å². The zero-order valence-corrected chi connectivity index (χ0v) is 17.1. The summed E-state index contributed by atoms with van der Waals surface area (Å²) in [7, 11) is 0. The van der Waals surface area contributed by atoms with Crippen LogP contribution in [0.15, 0.2) is 59.3 Å². The smallest absolute Gasteiger partial charge is 0.315 e. The maximum atomic E-state index is 12.4. The molecule has 158 valence electrons. The normalized spacial score (nSPS) is 15.6. The molecule has 0 bridgehead atoms. The van der Waals surface area contributed by atoms with Gasteiger partial charge in [0.25, 0.3) is 0 Å². The summed E-state index contributed by atoms with van der Waals surface area (Å²) in [5.74, 6) is 1.73. The molecule has 0 radical (unpaired) electrons. The van der Waals surface area contributed by atoms with Gasteiger partial charge in [0.05, 0.1) is 24.9 Å². The van der Waals surface area contributed by atoms with Crippen LogP contribution in [0.3, 0.4) is 0 Å². The summed E-state index contributed by atoms with van der Waals surface area (Å²) in [6.45, 7) is 5.83. The second kappa shape index (κ2) is 9.60. The largest absolute Gasteiger partial charge is 0.465 e. The molecule has 1 aliphatic rings. The van der Waals surface area contributed by atoms with Crippen molar-refractivity contribution in [3.8, 4) is 5.69 Å². The monoisotopic (exact) mass is 409 g/mol. The van der Waals surface area contributed by atoms with Crippen LogP contribution < -0.4 is 10.6 Å². The Hall–Kier alpha value is -3.10. The minimum absolute atomic E-state index is 0.0171. The standard InChI is InChI=1S/C22H27N5O3/c1-17-6-7-21(30-17)20(26-10-12-29-13-11-26)16-24-22(28)23-15-18-4-2-5-19(14-18)27-9-3-8-25-27/h2-9,14,20H,10-13,15-16H2,1H3,(H2,23,24,28). The fourth-order valence-electron chi connectivity index (χ4n) is 3.60. The van der Waals surface area contributed by atoms with Gasteiger partial charge in [-0.2, -0.15) is 5.10 Å². The highest BCUT2D eigenvalue weighted by Gasteiger charge is 2.25. The van der Waals surface area contributed by atoms with E-state index in [0.717, 1.165) is 35.9 Å². The van der Waals surface area contributed by atoms with E-state index in [2.05, 4.69) is 20.6 Å². The number of carbonyl (C=O) groups is 1. The van der Waals surface area contributed by atoms with E-state index in [4.69, 9.17) is 9.15 Å². The van der Waals surface area contributed by atoms with E-state index in [1.54, 1.807) is 10.9 Å². The van der Waals surface area contributed by atoms with E-state index >= 15 is 0 Å². The molecule has 8 nitrogen and oxygen atoms in total. The number of urea groups is 1. The first-order valence-electron chi connectivity index (χ1n) is 10.2. The van der Waals surface area contributed by atoms with Crippen molar-refractivity contribution in [2.45, 2.75) is 19.5 Å². The van der Waals surface area contributed by atoms with Crippen molar-refractivity contribution in [2.24, 2.45) is 0 Å². The number of morpholine rings is 1. The quantitative estimate of drug-likeness (QED) is 0.627. The highest BCUT2D eigenvalue weighted by atomic mass is 16.5. The summed E-state index contributed by atoms with van der Waals surface area (Å²) in [6, 6.07) is 13.5. The molecular formula is C22H27N5O3. The van der Waals surface area contributed by atoms with Crippen LogP contribution in [-0.2, 0) is 11.3 Å². The van der Waals surface area contributed by atoms with Gasteiger partial charge in [0.1, 0.15) is 11.5 Å². The maximum Gasteiger partial charge on any atom is 0.315 e. The van der Waals surface area contributed by atoms with Gasteiger partial charge >= 0.3 is 6.03 Å². The molecule has 1 fully saturated rings. The molecule has 0 saturated carbocycles. The third-order valence-electron chi connectivity index (χ3n) is 5.16. The van der Waals surface area contributed by atoms with Crippen LogP contribution in [0.4, 0.5) is 4.79 Å². The Balaban J connectivity index is 1.33. The molecule has 8 heteroatoms. The molecule has 1 unspecified atom stereocenters. The van der Waals surface area contributed by atoms with Crippen molar-refractivity contribution in [1.82, 2.24) is 25.3 Å². The predicted molar refractivity (Wildman–Crippen MR) is 112 cm³/mol. The Kier molecular flexibility index (Phi) is 6.46. The van der Waals surface area contributed by atoms with Crippen LogP contribution in [0.5, 0.6) is 0 Å². The van der Waals surface area contributed by atoms with E-state index in [0.29, 0.717) is 26.3 Å². The molecule has 2 aromatic heterocycles. The molecule has 1 aromatic carbocycles. The van der Waals surface area contributed by atoms with Crippen molar-refractivity contribution >= 4 is 6.03 Å². The molecule has 3 aromatic rings. The maximum absolute atomic E-state index is 12.4. The number of rotatable bonds is 7. The summed E-state index contributed by atoms with van der Waals surface area (Å²) >= 11 is 0. The summed E-state index contributed by atoms with van der Waals surface area (Å²) in [4.78, 5) is 14.7. The van der Waals surface area contributed by atoms with Crippen LogP contribution in [0.25, 0.3) is 5.69 Å². The van der Waals surface area contributed by atoms with Gasteiger partial charge in [-0.05, 0) is 42.8 Å². The first-order valence-corrected chi connectivity index (χ1v) is 10.2. The molecule has 3 heterocycles. The number of aryl methyl sites for hydroxylation is 1. The van der Waals surface area contributed by atoms with Crippen LogP contribution in [-0.4, -0.2) is 53.6 Å². The highest BCUT2D eigenvalue weighted by Crippen LogP contribution is 2.23. The van der Waals surface area contributed by atoms with Crippen molar-refractivity contribution in [1.29, 1.82) is 0 Å². The fraction of sp³-hybridized carbons (Fsp3) is 0.364. The molecule has 1 aliphatic heterocycles. The first kappa shape index (κ1) is 20.2. The Morgan fingerprint density at radius 2 is 2.03 bits per heavy atom. The van der Waals surface area contributed by atoms with Crippen molar-refractivity contribution < 1.29 is 13.9 Å². The number of nitrogens with one attached hydrogen (secondary N) is 2. The summed E-state index contributed by atoms with van der Waals surface area (Å²) in [5, 5.41) is 10.2. The minimum atomic E-state index is -0.207. The molecule has 2 amide bonds. The van der Waals surface area contributed by atoms with Crippen LogP contribution >= 0.6 is 0 Å². The molecule has 0 spiro atoms. The molecule has 30 heavy (non-hydrogen) atoms. The second-order valence-electron chi connectivity index (χ2n) is 7.30. The van der Waals surface area contributed by atoms with Gasteiger partial charge in [0.2, 0.25) is 0 Å². The third-order valence-corrected chi connectivity index (χ3v) is 5.16. The number of benzene rings is 1. The SMILES string of the molecule is Cc1ccc(C(CNC(=O)NCc2cccc(-n3cccn3)c2)N2CCOCC2)o1.